The predicted molar refractivity (Wildman–Crippen MR) is 148 cm³/mol. The lowest BCUT2D eigenvalue weighted by atomic mass is 10.1. The van der Waals surface area contributed by atoms with Gasteiger partial charge < -0.3 is 8.98 Å². The minimum Gasteiger partial charge on any atom is -0.388 e. The number of benzene rings is 1. The van der Waals surface area contributed by atoms with Gasteiger partial charge in [-0.05, 0) is 54.7 Å². The third-order valence-electron chi connectivity index (χ3n) is 7.41. The largest absolute Gasteiger partial charge is 0.434 e. The monoisotopic (exact) mass is 558 g/mol. The molecule has 0 aliphatic heterocycles. The van der Waals surface area contributed by atoms with Crippen LogP contribution in [0.25, 0.3) is 44.8 Å². The molecule has 1 aliphatic rings. The highest BCUT2D eigenvalue weighted by atomic mass is 35.5. The number of rotatable bonds is 6. The number of fused-ring (bicyclic) bond motifs is 2. The second-order valence-electron chi connectivity index (χ2n) is 10.2. The molecule has 13 heteroatoms. The first-order chi connectivity index (χ1) is 19.3. The molecule has 1 N–H and O–H groups in total. The quantitative estimate of drug-likeness (QED) is 0.331. The summed E-state index contributed by atoms with van der Waals surface area (Å²) >= 11 is 6.32. The number of aryl methyl sites for hydroxylation is 1. The summed E-state index contributed by atoms with van der Waals surface area (Å²) in [5, 5.41) is 12.9. The van der Waals surface area contributed by atoms with Gasteiger partial charge in [-0.15, -0.1) is 5.10 Å². The fourth-order valence-electron chi connectivity index (χ4n) is 5.20. The number of aromatic nitrogens is 8. The molecule has 0 radical (unpaired) electrons. The Bertz CT molecular complexity index is 2140. The fraction of sp³-hybridized carbons (Fsp3) is 0.259. The number of hydrogen-bond acceptors (Lipinski definition) is 7. The first-order valence-electron chi connectivity index (χ1n) is 12.7. The average Bonchev–Trinajstić information content (AvgIpc) is 3.33. The normalized spacial score (nSPS) is 13.6. The molecule has 1 aliphatic carbocycles. The molecule has 0 saturated heterocycles. The number of nitrogens with zero attached hydrogens (tertiary/aromatic N) is 7. The van der Waals surface area contributed by atoms with Gasteiger partial charge in [0.05, 0.1) is 23.3 Å². The Balaban J connectivity index is 1.51. The van der Waals surface area contributed by atoms with Gasteiger partial charge >= 0.3 is 11.4 Å². The standard InChI is InChI=1S/C27H23ClN8O4/c1-33-12-16(24-30-31-26(38)40-24)9-20(33)22-21-23(35(11-14-3-4-14)27(39)34(2)25(21)37)32-36(22)13-15-7-8-29-19-6-5-17(28)10-18(15)19/h5-10,12,14H,3-4,11,13H2,1-2H3,(H,31,38). The van der Waals surface area contributed by atoms with Crippen molar-refractivity contribution >= 4 is 33.5 Å². The van der Waals surface area contributed by atoms with Crippen LogP contribution in [0.15, 0.2) is 61.5 Å². The Labute approximate surface area is 230 Å². The molecule has 1 saturated carbocycles. The van der Waals surface area contributed by atoms with Gasteiger partial charge in [0.15, 0.2) is 5.65 Å². The molecular formula is C27H23ClN8O4. The van der Waals surface area contributed by atoms with Gasteiger partial charge in [0.25, 0.3) is 11.4 Å². The topological polar surface area (TPSA) is 139 Å². The van der Waals surface area contributed by atoms with E-state index in [2.05, 4.69) is 15.2 Å². The summed E-state index contributed by atoms with van der Waals surface area (Å²) in [4.78, 5) is 43.0. The van der Waals surface area contributed by atoms with Crippen LogP contribution in [0.3, 0.4) is 0 Å². The van der Waals surface area contributed by atoms with Crippen LogP contribution in [0, 0.1) is 5.92 Å². The zero-order valence-electron chi connectivity index (χ0n) is 21.6. The SMILES string of the molecule is Cn1cc(-c2n[nH]c(=O)o2)cc1-c1c2c(=O)n(C)c(=O)n(CC3CC3)c2nn1Cc1ccnc2ccc(Cl)cc12. The van der Waals surface area contributed by atoms with Crippen LogP contribution in [0.5, 0.6) is 0 Å². The highest BCUT2D eigenvalue weighted by Gasteiger charge is 2.28. The molecule has 0 unspecified atom stereocenters. The zero-order chi connectivity index (χ0) is 27.7. The van der Waals surface area contributed by atoms with E-state index in [4.69, 9.17) is 21.1 Å². The highest BCUT2D eigenvalue weighted by molar-refractivity contribution is 6.31. The molecular weight excluding hydrogens is 536 g/mol. The van der Waals surface area contributed by atoms with E-state index in [1.165, 1.54) is 7.05 Å². The van der Waals surface area contributed by atoms with Crippen molar-refractivity contribution < 1.29 is 4.42 Å². The van der Waals surface area contributed by atoms with Crippen molar-refractivity contribution in [3.05, 3.63) is 84.7 Å². The van der Waals surface area contributed by atoms with Crippen molar-refractivity contribution in [1.29, 1.82) is 0 Å². The van der Waals surface area contributed by atoms with Crippen molar-refractivity contribution in [2.75, 3.05) is 0 Å². The van der Waals surface area contributed by atoms with Gasteiger partial charge in [-0.1, -0.05) is 11.6 Å². The van der Waals surface area contributed by atoms with E-state index in [9.17, 15) is 14.4 Å². The second-order valence-corrected chi connectivity index (χ2v) is 10.6. The lowest BCUT2D eigenvalue weighted by molar-refractivity contribution is 0.527. The molecule has 5 heterocycles. The van der Waals surface area contributed by atoms with Crippen molar-refractivity contribution in [1.82, 2.24) is 38.7 Å². The van der Waals surface area contributed by atoms with E-state index < -0.39 is 17.0 Å². The molecule has 0 amide bonds. The van der Waals surface area contributed by atoms with Crippen LogP contribution in [-0.2, 0) is 27.2 Å². The number of hydrogen-bond donors (Lipinski definition) is 1. The Morgan fingerprint density at radius 1 is 1.12 bits per heavy atom. The van der Waals surface area contributed by atoms with E-state index in [1.54, 1.807) is 33.8 Å². The van der Waals surface area contributed by atoms with E-state index in [0.717, 1.165) is 33.9 Å². The maximum Gasteiger partial charge on any atom is 0.434 e. The van der Waals surface area contributed by atoms with Crippen molar-refractivity contribution in [2.24, 2.45) is 20.0 Å². The van der Waals surface area contributed by atoms with Gasteiger partial charge in [0.2, 0.25) is 0 Å². The molecule has 0 bridgehead atoms. The van der Waals surface area contributed by atoms with E-state index in [0.29, 0.717) is 45.5 Å². The van der Waals surface area contributed by atoms with Gasteiger partial charge in [-0.2, -0.15) is 5.10 Å². The Morgan fingerprint density at radius 2 is 1.95 bits per heavy atom. The van der Waals surface area contributed by atoms with Gasteiger partial charge in [-0.3, -0.25) is 23.6 Å². The second kappa shape index (κ2) is 8.91. The van der Waals surface area contributed by atoms with Gasteiger partial charge in [0, 0.05) is 43.4 Å². The van der Waals surface area contributed by atoms with Crippen LogP contribution in [0.2, 0.25) is 5.02 Å². The summed E-state index contributed by atoms with van der Waals surface area (Å²) in [5.41, 5.74) is 2.87. The summed E-state index contributed by atoms with van der Waals surface area (Å²) < 4.78 is 11.5. The summed E-state index contributed by atoms with van der Waals surface area (Å²) in [6.07, 6.45) is 5.54. The summed E-state index contributed by atoms with van der Waals surface area (Å²) in [7, 11) is 3.31. The first-order valence-corrected chi connectivity index (χ1v) is 13.1. The molecule has 40 heavy (non-hydrogen) atoms. The van der Waals surface area contributed by atoms with E-state index in [1.807, 2.05) is 29.8 Å². The predicted octanol–water partition coefficient (Wildman–Crippen LogP) is 2.91. The maximum absolute atomic E-state index is 13.7. The van der Waals surface area contributed by atoms with Crippen molar-refractivity contribution in [3.63, 3.8) is 0 Å². The number of aromatic amines is 1. The molecule has 1 fully saturated rings. The van der Waals surface area contributed by atoms with Gasteiger partial charge in [0.1, 0.15) is 11.1 Å². The number of halogens is 1. The summed E-state index contributed by atoms with van der Waals surface area (Å²) in [6.45, 7) is 0.771. The van der Waals surface area contributed by atoms with E-state index in [-0.39, 0.29) is 12.4 Å². The van der Waals surface area contributed by atoms with Crippen LogP contribution >= 0.6 is 11.6 Å². The molecule has 5 aromatic heterocycles. The Hall–Kier alpha value is -4.71. The minimum atomic E-state index is -0.669. The molecule has 202 valence electrons. The highest BCUT2D eigenvalue weighted by Crippen LogP contribution is 2.34. The lowest BCUT2D eigenvalue weighted by Crippen LogP contribution is -2.38. The third-order valence-corrected chi connectivity index (χ3v) is 7.65. The Morgan fingerprint density at radius 3 is 2.70 bits per heavy atom. The molecule has 1 aromatic carbocycles. The average molecular weight is 559 g/mol. The smallest absolute Gasteiger partial charge is 0.388 e. The maximum atomic E-state index is 13.7. The number of nitrogens with one attached hydrogen (secondary N) is 1. The molecule has 12 nitrogen and oxygen atoms in total. The zero-order valence-corrected chi connectivity index (χ0v) is 22.3. The summed E-state index contributed by atoms with van der Waals surface area (Å²) in [6, 6.07) is 9.16. The van der Waals surface area contributed by atoms with Crippen LogP contribution < -0.4 is 17.0 Å². The van der Waals surface area contributed by atoms with Crippen LogP contribution in [0.4, 0.5) is 0 Å². The minimum absolute atomic E-state index is 0.121. The molecule has 0 atom stereocenters. The summed E-state index contributed by atoms with van der Waals surface area (Å²) in [5.74, 6) is -0.171. The van der Waals surface area contributed by atoms with Crippen molar-refractivity contribution in [2.45, 2.75) is 25.9 Å². The Kier molecular flexibility index (Phi) is 5.42. The molecule has 6 aromatic rings. The number of pyridine rings is 1. The van der Waals surface area contributed by atoms with E-state index >= 15 is 0 Å². The number of H-pyrrole nitrogens is 1. The van der Waals surface area contributed by atoms with Gasteiger partial charge in [-0.25, -0.2) is 14.7 Å². The van der Waals surface area contributed by atoms with Crippen molar-refractivity contribution in [3.8, 4) is 22.8 Å². The van der Waals surface area contributed by atoms with Crippen LogP contribution in [-0.4, -0.2) is 38.7 Å². The molecule has 7 rings (SSSR count). The fourth-order valence-corrected chi connectivity index (χ4v) is 5.38. The lowest BCUT2D eigenvalue weighted by Gasteiger charge is -2.11. The third kappa shape index (κ3) is 3.90. The molecule has 0 spiro atoms. The van der Waals surface area contributed by atoms with Crippen LogP contribution in [0.1, 0.15) is 18.4 Å². The first kappa shape index (κ1) is 24.3.